The maximum absolute atomic E-state index is 13.0. The SMILES string of the molecule is N#Cc1cccc(NC(=O)NC(c2ccc(C(=O)NCCC(=O)O)cc2)c2ccc(C3CCCCC3)cc2)c1. The van der Waals surface area contributed by atoms with Crippen molar-refractivity contribution >= 4 is 23.6 Å². The van der Waals surface area contributed by atoms with Gasteiger partial charge < -0.3 is 21.1 Å². The second-order valence-corrected chi connectivity index (χ2v) is 9.75. The van der Waals surface area contributed by atoms with E-state index in [9.17, 15) is 14.4 Å². The van der Waals surface area contributed by atoms with E-state index in [-0.39, 0.29) is 18.9 Å². The molecule has 1 unspecified atom stereocenters. The Hall–Kier alpha value is -4.64. The Morgan fingerprint density at radius 3 is 2.23 bits per heavy atom. The number of rotatable bonds is 9. The van der Waals surface area contributed by atoms with Gasteiger partial charge >= 0.3 is 12.0 Å². The highest BCUT2D eigenvalue weighted by Crippen LogP contribution is 2.33. The number of amides is 3. The quantitative estimate of drug-likeness (QED) is 0.284. The van der Waals surface area contributed by atoms with Gasteiger partial charge in [-0.15, -0.1) is 0 Å². The third-order valence-corrected chi connectivity index (χ3v) is 7.00. The van der Waals surface area contributed by atoms with Crippen molar-refractivity contribution in [2.24, 2.45) is 0 Å². The van der Waals surface area contributed by atoms with Crippen molar-refractivity contribution in [3.8, 4) is 6.07 Å². The molecule has 1 saturated carbocycles. The van der Waals surface area contributed by atoms with Crippen molar-refractivity contribution in [3.63, 3.8) is 0 Å². The van der Waals surface area contributed by atoms with Gasteiger partial charge in [-0.2, -0.15) is 5.26 Å². The monoisotopic (exact) mass is 524 g/mol. The average Bonchev–Trinajstić information content (AvgIpc) is 2.96. The third kappa shape index (κ3) is 7.68. The molecule has 0 spiro atoms. The van der Waals surface area contributed by atoms with Crippen molar-refractivity contribution in [1.82, 2.24) is 10.6 Å². The van der Waals surface area contributed by atoms with Crippen LogP contribution in [0.5, 0.6) is 0 Å². The number of urea groups is 1. The fourth-order valence-electron chi connectivity index (χ4n) is 4.93. The van der Waals surface area contributed by atoms with Gasteiger partial charge in [-0.05, 0) is 65.8 Å². The number of anilines is 1. The van der Waals surface area contributed by atoms with Crippen LogP contribution in [0.15, 0.2) is 72.8 Å². The average molecular weight is 525 g/mol. The van der Waals surface area contributed by atoms with Gasteiger partial charge in [0.2, 0.25) is 0 Å². The van der Waals surface area contributed by atoms with E-state index < -0.39 is 18.0 Å². The highest BCUT2D eigenvalue weighted by molar-refractivity contribution is 5.94. The molecule has 3 amide bonds. The van der Waals surface area contributed by atoms with Crippen LogP contribution in [-0.4, -0.2) is 29.6 Å². The summed E-state index contributed by atoms with van der Waals surface area (Å²) >= 11 is 0. The Balaban J connectivity index is 1.54. The van der Waals surface area contributed by atoms with E-state index in [4.69, 9.17) is 10.4 Å². The van der Waals surface area contributed by atoms with E-state index in [0.717, 1.165) is 11.1 Å². The van der Waals surface area contributed by atoms with Crippen molar-refractivity contribution in [2.45, 2.75) is 50.5 Å². The standard InChI is InChI=1S/C31H32N4O4/c32-20-21-5-4-8-27(19-21)34-31(39)35-29(24-11-9-23(10-12-24)22-6-2-1-3-7-22)25-13-15-26(16-14-25)30(38)33-18-17-28(36)37/h4-5,8-16,19,22,29H,1-3,6-7,17-18H2,(H,33,38)(H,36,37)(H2,34,35,39). The van der Waals surface area contributed by atoms with Crippen LogP contribution in [0, 0.1) is 11.3 Å². The molecule has 39 heavy (non-hydrogen) atoms. The number of carboxylic acid groups (broad SMARTS) is 1. The van der Waals surface area contributed by atoms with Crippen LogP contribution in [-0.2, 0) is 4.79 Å². The highest BCUT2D eigenvalue weighted by atomic mass is 16.4. The van der Waals surface area contributed by atoms with Crippen LogP contribution < -0.4 is 16.0 Å². The van der Waals surface area contributed by atoms with Crippen LogP contribution >= 0.6 is 0 Å². The van der Waals surface area contributed by atoms with E-state index in [1.807, 2.05) is 12.1 Å². The Bertz CT molecular complexity index is 1340. The normalized spacial score (nSPS) is 14.0. The number of carbonyl (C=O) groups is 3. The summed E-state index contributed by atoms with van der Waals surface area (Å²) in [5.41, 5.74) is 4.33. The molecule has 3 aromatic carbocycles. The fraction of sp³-hybridized carbons (Fsp3) is 0.290. The predicted octanol–water partition coefficient (Wildman–Crippen LogP) is 5.72. The Labute approximate surface area is 228 Å². The lowest BCUT2D eigenvalue weighted by Gasteiger charge is -2.24. The molecule has 0 bridgehead atoms. The molecule has 0 saturated heterocycles. The summed E-state index contributed by atoms with van der Waals surface area (Å²) < 4.78 is 0. The Morgan fingerprint density at radius 1 is 0.923 bits per heavy atom. The maximum Gasteiger partial charge on any atom is 0.319 e. The van der Waals surface area contributed by atoms with E-state index in [1.54, 1.807) is 48.5 Å². The minimum atomic E-state index is -0.980. The first kappa shape index (κ1) is 27.4. The molecular formula is C31H32N4O4. The first-order valence-electron chi connectivity index (χ1n) is 13.2. The topological polar surface area (TPSA) is 131 Å². The third-order valence-electron chi connectivity index (χ3n) is 7.00. The molecule has 200 valence electrons. The molecule has 1 aliphatic carbocycles. The zero-order chi connectivity index (χ0) is 27.6. The zero-order valence-electron chi connectivity index (χ0n) is 21.7. The predicted molar refractivity (Wildman–Crippen MR) is 148 cm³/mol. The molecular weight excluding hydrogens is 492 g/mol. The van der Waals surface area contributed by atoms with Crippen LogP contribution in [0.3, 0.4) is 0 Å². The second-order valence-electron chi connectivity index (χ2n) is 9.75. The van der Waals surface area contributed by atoms with Gasteiger partial charge in [0.15, 0.2) is 0 Å². The largest absolute Gasteiger partial charge is 0.481 e. The van der Waals surface area contributed by atoms with E-state index in [1.165, 1.54) is 37.7 Å². The van der Waals surface area contributed by atoms with Gasteiger partial charge in [0, 0.05) is 17.8 Å². The number of carbonyl (C=O) groups excluding carboxylic acids is 2. The molecule has 0 aromatic heterocycles. The summed E-state index contributed by atoms with van der Waals surface area (Å²) in [5, 5.41) is 26.4. The summed E-state index contributed by atoms with van der Waals surface area (Å²) in [6.45, 7) is 0.0423. The molecule has 4 rings (SSSR count). The molecule has 0 radical (unpaired) electrons. The fourth-order valence-corrected chi connectivity index (χ4v) is 4.93. The summed E-state index contributed by atoms with van der Waals surface area (Å²) in [4.78, 5) is 36.1. The van der Waals surface area contributed by atoms with Crippen molar-refractivity contribution in [3.05, 3.63) is 101 Å². The minimum Gasteiger partial charge on any atom is -0.481 e. The van der Waals surface area contributed by atoms with Crippen molar-refractivity contribution in [1.29, 1.82) is 5.26 Å². The van der Waals surface area contributed by atoms with Crippen molar-refractivity contribution in [2.75, 3.05) is 11.9 Å². The number of hydrogen-bond donors (Lipinski definition) is 4. The van der Waals surface area contributed by atoms with E-state index >= 15 is 0 Å². The number of nitrogens with zero attached hydrogens (tertiary/aromatic N) is 1. The Morgan fingerprint density at radius 2 is 1.59 bits per heavy atom. The number of nitrogens with one attached hydrogen (secondary N) is 3. The summed E-state index contributed by atoms with van der Waals surface area (Å²) in [6.07, 6.45) is 6.03. The molecule has 3 aromatic rings. The van der Waals surface area contributed by atoms with Crippen LogP contribution in [0.1, 0.15) is 83.1 Å². The summed E-state index contributed by atoms with van der Waals surface area (Å²) in [5.74, 6) is -0.778. The molecule has 0 aliphatic heterocycles. The highest BCUT2D eigenvalue weighted by Gasteiger charge is 2.20. The lowest BCUT2D eigenvalue weighted by Crippen LogP contribution is -2.33. The smallest absolute Gasteiger partial charge is 0.319 e. The minimum absolute atomic E-state index is 0.0423. The van der Waals surface area contributed by atoms with E-state index in [2.05, 4.69) is 34.2 Å². The van der Waals surface area contributed by atoms with Gasteiger partial charge in [-0.25, -0.2) is 4.79 Å². The lowest BCUT2D eigenvalue weighted by molar-refractivity contribution is -0.136. The first-order valence-corrected chi connectivity index (χ1v) is 13.2. The second kappa shape index (κ2) is 13.2. The molecule has 1 aliphatic rings. The van der Waals surface area contributed by atoms with Crippen molar-refractivity contribution < 1.29 is 19.5 Å². The number of benzene rings is 3. The molecule has 1 fully saturated rings. The van der Waals surface area contributed by atoms with Crippen LogP contribution in [0.25, 0.3) is 0 Å². The van der Waals surface area contributed by atoms with Gasteiger partial charge in [-0.3, -0.25) is 9.59 Å². The maximum atomic E-state index is 13.0. The van der Waals surface area contributed by atoms with Gasteiger partial charge in [-0.1, -0.05) is 61.7 Å². The lowest BCUT2D eigenvalue weighted by atomic mass is 9.83. The van der Waals surface area contributed by atoms with Gasteiger partial charge in [0.25, 0.3) is 5.91 Å². The molecule has 0 heterocycles. The molecule has 8 heteroatoms. The molecule has 8 nitrogen and oxygen atoms in total. The number of aliphatic carboxylic acids is 1. The van der Waals surface area contributed by atoms with Gasteiger partial charge in [0.05, 0.1) is 24.1 Å². The summed E-state index contributed by atoms with van der Waals surface area (Å²) in [7, 11) is 0. The summed E-state index contributed by atoms with van der Waals surface area (Å²) in [6, 6.07) is 23.1. The van der Waals surface area contributed by atoms with Crippen LogP contribution in [0.4, 0.5) is 10.5 Å². The first-order chi connectivity index (χ1) is 18.9. The Kier molecular flexibility index (Phi) is 9.30. The van der Waals surface area contributed by atoms with Crippen LogP contribution in [0.2, 0.25) is 0 Å². The number of nitriles is 1. The van der Waals surface area contributed by atoms with Gasteiger partial charge in [0.1, 0.15) is 0 Å². The number of hydrogen-bond acceptors (Lipinski definition) is 4. The molecule has 4 N–H and O–H groups in total. The number of carboxylic acids is 1. The van der Waals surface area contributed by atoms with E-state index in [0.29, 0.717) is 22.7 Å². The molecule has 1 atom stereocenters. The zero-order valence-corrected chi connectivity index (χ0v) is 21.7.